The Bertz CT molecular complexity index is 516. The molecule has 0 radical (unpaired) electrons. The van der Waals surface area contributed by atoms with E-state index in [4.69, 9.17) is 5.73 Å². The molecule has 1 aromatic rings. The van der Waals surface area contributed by atoms with Gasteiger partial charge in [0, 0.05) is 31.1 Å². The number of carbonyl (C=O) groups is 1. The number of nitrogens with one attached hydrogen (secondary N) is 1. The summed E-state index contributed by atoms with van der Waals surface area (Å²) in [6, 6.07) is 1.60. The molecule has 1 heterocycles. The van der Waals surface area contributed by atoms with E-state index in [0.717, 1.165) is 12.1 Å². The number of anilines is 1. The highest BCUT2D eigenvalue weighted by Gasteiger charge is 2.22. The molecule has 0 saturated carbocycles. The Kier molecular flexibility index (Phi) is 3.98. The van der Waals surface area contributed by atoms with Crippen molar-refractivity contribution in [3.63, 3.8) is 0 Å². The summed E-state index contributed by atoms with van der Waals surface area (Å²) < 4.78 is 39.0. The lowest BCUT2D eigenvalue weighted by Gasteiger charge is -2.13. The maximum absolute atomic E-state index is 13.5. The number of nitrogens with zero attached hydrogens (tertiary/aromatic N) is 1. The van der Waals surface area contributed by atoms with E-state index in [1.165, 1.54) is 4.90 Å². The number of urea groups is 1. The molecule has 8 heteroatoms. The number of amides is 2. The third-order valence-electron chi connectivity index (χ3n) is 2.74. The van der Waals surface area contributed by atoms with Crippen molar-refractivity contribution in [2.45, 2.75) is 4.90 Å². The van der Waals surface area contributed by atoms with Gasteiger partial charge in [-0.05, 0) is 12.1 Å². The molecule has 0 aromatic heterocycles. The average Bonchev–Trinajstić information content (AvgIpc) is 2.70. The fraction of sp³-hybridized carbons (Fsp3) is 0.364. The molecule has 104 valence electrons. The zero-order valence-electron chi connectivity index (χ0n) is 9.99. The first-order valence-corrected chi connectivity index (χ1v) is 6.96. The van der Waals surface area contributed by atoms with Crippen LogP contribution < -0.4 is 11.1 Å². The zero-order valence-corrected chi connectivity index (χ0v) is 10.8. The van der Waals surface area contributed by atoms with Gasteiger partial charge in [-0.1, -0.05) is 0 Å². The second-order valence-corrected chi connectivity index (χ2v) is 5.59. The van der Waals surface area contributed by atoms with Crippen LogP contribution in [0.5, 0.6) is 0 Å². The molecule has 0 spiro atoms. The fourth-order valence-corrected chi connectivity index (χ4v) is 2.96. The van der Waals surface area contributed by atoms with Crippen molar-refractivity contribution in [1.82, 2.24) is 10.2 Å². The zero-order chi connectivity index (χ0) is 14.0. The number of rotatable bonds is 4. The van der Waals surface area contributed by atoms with E-state index in [9.17, 15) is 17.8 Å². The van der Waals surface area contributed by atoms with E-state index in [1.807, 2.05) is 0 Å². The van der Waals surface area contributed by atoms with Crippen molar-refractivity contribution in [3.8, 4) is 0 Å². The van der Waals surface area contributed by atoms with E-state index >= 15 is 0 Å². The van der Waals surface area contributed by atoms with Crippen molar-refractivity contribution < 1.29 is 17.8 Å². The SMILES string of the molecule is Nc1cc(F)c(S(=O)CCN2CCNC2=O)c(F)c1. The Balaban J connectivity index is 2.06. The highest BCUT2D eigenvalue weighted by atomic mass is 32.2. The highest BCUT2D eigenvalue weighted by molar-refractivity contribution is 7.85. The number of halogens is 2. The summed E-state index contributed by atoms with van der Waals surface area (Å²) in [6.07, 6.45) is 0. The predicted molar refractivity (Wildman–Crippen MR) is 67.0 cm³/mol. The summed E-state index contributed by atoms with van der Waals surface area (Å²) in [5.74, 6) is -1.88. The van der Waals surface area contributed by atoms with Gasteiger partial charge in [-0.25, -0.2) is 13.6 Å². The third kappa shape index (κ3) is 3.01. The minimum absolute atomic E-state index is 0.0226. The molecule has 1 aromatic carbocycles. The number of hydrogen-bond donors (Lipinski definition) is 2. The molecule has 5 nitrogen and oxygen atoms in total. The van der Waals surface area contributed by atoms with Crippen LogP contribution in [-0.4, -0.2) is 40.5 Å². The van der Waals surface area contributed by atoms with Gasteiger partial charge < -0.3 is 16.0 Å². The van der Waals surface area contributed by atoms with Gasteiger partial charge in [0.05, 0.1) is 10.8 Å². The Morgan fingerprint density at radius 3 is 2.53 bits per heavy atom. The number of hydrogen-bond acceptors (Lipinski definition) is 3. The van der Waals surface area contributed by atoms with Crippen molar-refractivity contribution in [2.75, 3.05) is 31.1 Å². The molecule has 2 rings (SSSR count). The van der Waals surface area contributed by atoms with Gasteiger partial charge in [0.2, 0.25) is 0 Å². The van der Waals surface area contributed by atoms with Gasteiger partial charge in [0.15, 0.2) is 0 Å². The standard InChI is InChI=1S/C11H13F2N3O2S/c12-8-5-7(14)6-9(13)10(8)19(18)4-3-16-2-1-15-11(16)17/h5-6H,1-4,14H2,(H,15,17). The lowest BCUT2D eigenvalue weighted by atomic mass is 10.3. The van der Waals surface area contributed by atoms with Crippen LogP contribution in [0.25, 0.3) is 0 Å². The molecule has 1 atom stereocenters. The smallest absolute Gasteiger partial charge is 0.317 e. The highest BCUT2D eigenvalue weighted by Crippen LogP contribution is 2.20. The fourth-order valence-electron chi connectivity index (χ4n) is 1.82. The number of benzene rings is 1. The summed E-state index contributed by atoms with van der Waals surface area (Å²) in [6.45, 7) is 1.21. The van der Waals surface area contributed by atoms with Crippen LogP contribution in [0.3, 0.4) is 0 Å². The molecule has 2 amide bonds. The molecule has 3 N–H and O–H groups in total. The van der Waals surface area contributed by atoms with E-state index in [0.29, 0.717) is 13.1 Å². The number of nitrogens with two attached hydrogens (primary N) is 1. The minimum atomic E-state index is -1.85. The third-order valence-corrected chi connectivity index (χ3v) is 4.14. The molecular formula is C11H13F2N3O2S. The van der Waals surface area contributed by atoms with Gasteiger partial charge in [0.1, 0.15) is 16.5 Å². The van der Waals surface area contributed by atoms with Crippen molar-refractivity contribution >= 4 is 22.5 Å². The first-order chi connectivity index (χ1) is 8.99. The first-order valence-electron chi connectivity index (χ1n) is 5.64. The van der Waals surface area contributed by atoms with E-state index in [1.54, 1.807) is 0 Å². The summed E-state index contributed by atoms with van der Waals surface area (Å²) in [5, 5.41) is 2.59. The molecule has 1 unspecified atom stereocenters. The Labute approximate surface area is 111 Å². The van der Waals surface area contributed by atoms with Crippen LogP contribution in [0.1, 0.15) is 0 Å². The molecular weight excluding hydrogens is 276 g/mol. The Hall–Kier alpha value is -1.70. The van der Waals surface area contributed by atoms with Crippen molar-refractivity contribution in [2.24, 2.45) is 0 Å². The summed E-state index contributed by atoms with van der Waals surface area (Å²) >= 11 is 0. The van der Waals surface area contributed by atoms with Gasteiger partial charge >= 0.3 is 6.03 Å². The molecule has 0 bridgehead atoms. The largest absolute Gasteiger partial charge is 0.399 e. The van der Waals surface area contributed by atoms with Crippen molar-refractivity contribution in [1.29, 1.82) is 0 Å². The second-order valence-electron chi connectivity index (χ2n) is 4.08. The van der Waals surface area contributed by atoms with Gasteiger partial charge in [-0.15, -0.1) is 0 Å². The van der Waals surface area contributed by atoms with Crippen LogP contribution >= 0.6 is 0 Å². The Morgan fingerprint density at radius 2 is 2.00 bits per heavy atom. The van der Waals surface area contributed by atoms with Gasteiger partial charge in [0.25, 0.3) is 0 Å². The van der Waals surface area contributed by atoms with Crippen LogP contribution in [0.2, 0.25) is 0 Å². The predicted octanol–water partition coefficient (Wildman–Crippen LogP) is 0.680. The Morgan fingerprint density at radius 1 is 1.37 bits per heavy atom. The van der Waals surface area contributed by atoms with Crippen LogP contribution in [-0.2, 0) is 10.8 Å². The van der Waals surface area contributed by atoms with Gasteiger partial charge in [-0.2, -0.15) is 0 Å². The maximum Gasteiger partial charge on any atom is 0.317 e. The second kappa shape index (κ2) is 5.52. The van der Waals surface area contributed by atoms with Crippen LogP contribution in [0, 0.1) is 11.6 Å². The molecule has 1 fully saturated rings. The molecule has 1 aliphatic heterocycles. The lowest BCUT2D eigenvalue weighted by molar-refractivity contribution is 0.220. The lowest BCUT2D eigenvalue weighted by Crippen LogP contribution is -2.31. The van der Waals surface area contributed by atoms with E-state index in [-0.39, 0.29) is 24.0 Å². The average molecular weight is 289 g/mol. The molecule has 1 aliphatic rings. The van der Waals surface area contributed by atoms with Crippen LogP contribution in [0.15, 0.2) is 17.0 Å². The molecule has 1 saturated heterocycles. The normalized spacial score (nSPS) is 16.5. The number of carbonyl (C=O) groups excluding carboxylic acids is 1. The summed E-state index contributed by atoms with van der Waals surface area (Å²) in [5.41, 5.74) is 5.22. The topological polar surface area (TPSA) is 75.4 Å². The van der Waals surface area contributed by atoms with Crippen LogP contribution in [0.4, 0.5) is 19.3 Å². The summed E-state index contributed by atoms with van der Waals surface area (Å²) in [4.78, 5) is 12.2. The van der Waals surface area contributed by atoms with E-state index in [2.05, 4.69) is 5.32 Å². The van der Waals surface area contributed by atoms with E-state index < -0.39 is 27.3 Å². The minimum Gasteiger partial charge on any atom is -0.399 e. The molecule has 19 heavy (non-hydrogen) atoms. The monoisotopic (exact) mass is 289 g/mol. The van der Waals surface area contributed by atoms with Gasteiger partial charge in [-0.3, -0.25) is 4.21 Å². The number of nitrogen functional groups attached to an aromatic ring is 1. The summed E-state index contributed by atoms with van der Waals surface area (Å²) in [7, 11) is -1.85. The molecule has 0 aliphatic carbocycles. The quantitative estimate of drug-likeness (QED) is 0.800. The van der Waals surface area contributed by atoms with Crippen molar-refractivity contribution in [3.05, 3.63) is 23.8 Å². The first kappa shape index (κ1) is 13.7. The maximum atomic E-state index is 13.5.